The molecule has 9 aromatic rings. The Morgan fingerprint density at radius 3 is 1.04 bits per heavy atom. The van der Waals surface area contributed by atoms with Crippen LogP contribution in [0, 0.1) is 27.7 Å². The molecule has 0 fully saturated rings. The third-order valence-corrected chi connectivity index (χ3v) is 10.6. The van der Waals surface area contributed by atoms with Crippen LogP contribution >= 0.6 is 0 Å². The fourth-order valence-electron chi connectivity index (χ4n) is 8.15. The van der Waals surface area contributed by atoms with Crippen molar-refractivity contribution in [1.82, 2.24) is 9.13 Å². The van der Waals surface area contributed by atoms with Crippen LogP contribution in [0.25, 0.3) is 77.2 Å². The standard InChI is InChI=1S/C46H36N2/c1-29-30(2)46(34-24-26-44-40(28-34)38-20-12-14-22-42(38)48(44)36-17-9-6-10-18-36)32(4)31(3)45(29)33-23-25-43-39(27-33)37-19-11-13-21-41(37)47(43)35-15-7-5-8-16-35/h5-28H,1-4H3. The van der Waals surface area contributed by atoms with Crippen molar-refractivity contribution in [2.75, 3.05) is 0 Å². The van der Waals surface area contributed by atoms with Gasteiger partial charge in [0.05, 0.1) is 22.1 Å². The zero-order valence-electron chi connectivity index (χ0n) is 27.8. The zero-order valence-corrected chi connectivity index (χ0v) is 27.8. The minimum Gasteiger partial charge on any atom is -0.309 e. The molecule has 0 saturated carbocycles. The molecule has 0 radical (unpaired) electrons. The van der Waals surface area contributed by atoms with E-state index in [9.17, 15) is 0 Å². The van der Waals surface area contributed by atoms with E-state index < -0.39 is 0 Å². The van der Waals surface area contributed by atoms with Crippen LogP contribution in [0.1, 0.15) is 22.3 Å². The van der Waals surface area contributed by atoms with Gasteiger partial charge < -0.3 is 9.13 Å². The van der Waals surface area contributed by atoms with Crippen LogP contribution < -0.4 is 0 Å². The highest BCUT2D eigenvalue weighted by Crippen LogP contribution is 2.43. The number of hydrogen-bond donors (Lipinski definition) is 0. The van der Waals surface area contributed by atoms with E-state index in [1.807, 2.05) is 0 Å². The summed E-state index contributed by atoms with van der Waals surface area (Å²) in [4.78, 5) is 0. The number of benzene rings is 7. The molecule has 48 heavy (non-hydrogen) atoms. The molecule has 0 amide bonds. The second kappa shape index (κ2) is 10.9. The van der Waals surface area contributed by atoms with Crippen molar-refractivity contribution >= 4 is 43.6 Å². The van der Waals surface area contributed by atoms with E-state index in [0.29, 0.717) is 0 Å². The summed E-state index contributed by atoms with van der Waals surface area (Å²) < 4.78 is 4.78. The molecule has 2 heterocycles. The van der Waals surface area contributed by atoms with Gasteiger partial charge in [0.1, 0.15) is 0 Å². The lowest BCUT2D eigenvalue weighted by Gasteiger charge is -2.21. The van der Waals surface area contributed by atoms with Gasteiger partial charge in [0, 0.05) is 32.9 Å². The maximum atomic E-state index is 2.41. The number of nitrogens with zero attached hydrogens (tertiary/aromatic N) is 2. The molecule has 0 bridgehead atoms. The molecule has 0 saturated heterocycles. The minimum absolute atomic E-state index is 1.18. The predicted octanol–water partition coefficient (Wildman–Crippen LogP) is 12.4. The number of aromatic nitrogens is 2. The Kier molecular flexibility index (Phi) is 6.42. The summed E-state index contributed by atoms with van der Waals surface area (Å²) in [5, 5.41) is 5.12. The van der Waals surface area contributed by atoms with Gasteiger partial charge in [-0.15, -0.1) is 0 Å². The molecular formula is C46H36N2. The van der Waals surface area contributed by atoms with Gasteiger partial charge in [-0.05, 0) is 133 Å². The van der Waals surface area contributed by atoms with Crippen LogP contribution in [0.4, 0.5) is 0 Å². The highest BCUT2D eigenvalue weighted by molar-refractivity contribution is 6.12. The van der Waals surface area contributed by atoms with Crippen LogP contribution in [0.3, 0.4) is 0 Å². The van der Waals surface area contributed by atoms with Gasteiger partial charge in [-0.25, -0.2) is 0 Å². The molecule has 7 aromatic carbocycles. The largest absolute Gasteiger partial charge is 0.309 e. The first-order valence-corrected chi connectivity index (χ1v) is 16.8. The average molecular weight is 617 g/mol. The minimum atomic E-state index is 1.18. The van der Waals surface area contributed by atoms with Crippen LogP contribution in [0.15, 0.2) is 146 Å². The van der Waals surface area contributed by atoms with Crippen LogP contribution in [0.2, 0.25) is 0 Å². The van der Waals surface area contributed by atoms with Crippen LogP contribution in [-0.2, 0) is 0 Å². The van der Waals surface area contributed by atoms with Crippen molar-refractivity contribution in [3.63, 3.8) is 0 Å². The summed E-state index contributed by atoms with van der Waals surface area (Å²) in [6, 6.07) is 53.0. The van der Waals surface area contributed by atoms with Gasteiger partial charge in [-0.2, -0.15) is 0 Å². The second-order valence-electron chi connectivity index (χ2n) is 13.1. The summed E-state index contributed by atoms with van der Waals surface area (Å²) in [5.74, 6) is 0. The summed E-state index contributed by atoms with van der Waals surface area (Å²) in [6.07, 6.45) is 0. The Morgan fingerprint density at radius 1 is 0.312 bits per heavy atom. The Hall–Kier alpha value is -5.86. The molecule has 9 rings (SSSR count). The Morgan fingerprint density at radius 2 is 0.646 bits per heavy atom. The quantitative estimate of drug-likeness (QED) is 0.186. The summed E-state index contributed by atoms with van der Waals surface area (Å²) >= 11 is 0. The summed E-state index contributed by atoms with van der Waals surface area (Å²) in [7, 11) is 0. The first-order valence-electron chi connectivity index (χ1n) is 16.8. The average Bonchev–Trinajstić information content (AvgIpc) is 3.64. The van der Waals surface area contributed by atoms with Gasteiger partial charge in [-0.3, -0.25) is 0 Å². The molecule has 2 aromatic heterocycles. The molecule has 0 unspecified atom stereocenters. The van der Waals surface area contributed by atoms with E-state index in [0.717, 1.165) is 0 Å². The van der Waals surface area contributed by atoms with E-state index in [4.69, 9.17) is 0 Å². The Labute approximate surface area is 281 Å². The van der Waals surface area contributed by atoms with Crippen molar-refractivity contribution in [3.8, 4) is 33.6 Å². The van der Waals surface area contributed by atoms with Gasteiger partial charge in [0.15, 0.2) is 0 Å². The van der Waals surface area contributed by atoms with E-state index in [1.165, 1.54) is 99.5 Å². The predicted molar refractivity (Wildman–Crippen MR) is 205 cm³/mol. The van der Waals surface area contributed by atoms with Crippen molar-refractivity contribution in [1.29, 1.82) is 0 Å². The number of para-hydroxylation sites is 4. The molecule has 0 spiro atoms. The molecule has 0 aliphatic heterocycles. The van der Waals surface area contributed by atoms with E-state index in [1.54, 1.807) is 0 Å². The fourth-order valence-corrected chi connectivity index (χ4v) is 8.15. The second-order valence-corrected chi connectivity index (χ2v) is 13.1. The Bertz CT molecular complexity index is 2470. The van der Waals surface area contributed by atoms with E-state index in [2.05, 4.69) is 182 Å². The van der Waals surface area contributed by atoms with Crippen molar-refractivity contribution in [3.05, 3.63) is 168 Å². The lowest BCUT2D eigenvalue weighted by atomic mass is 9.83. The fraction of sp³-hybridized carbons (Fsp3) is 0.0870. The molecule has 0 aliphatic carbocycles. The molecule has 230 valence electrons. The molecule has 2 heteroatoms. The number of rotatable bonds is 4. The molecule has 0 N–H and O–H groups in total. The van der Waals surface area contributed by atoms with E-state index >= 15 is 0 Å². The highest BCUT2D eigenvalue weighted by Gasteiger charge is 2.21. The number of hydrogen-bond acceptors (Lipinski definition) is 0. The first kappa shape index (κ1) is 28.4. The molecule has 2 nitrogen and oxygen atoms in total. The van der Waals surface area contributed by atoms with Crippen LogP contribution in [0.5, 0.6) is 0 Å². The van der Waals surface area contributed by atoms with Gasteiger partial charge in [0.25, 0.3) is 0 Å². The maximum absolute atomic E-state index is 2.41. The monoisotopic (exact) mass is 616 g/mol. The zero-order chi connectivity index (χ0) is 32.5. The van der Waals surface area contributed by atoms with E-state index in [-0.39, 0.29) is 0 Å². The summed E-state index contributed by atoms with van der Waals surface area (Å²) in [5.41, 5.74) is 17.9. The van der Waals surface area contributed by atoms with Crippen molar-refractivity contribution in [2.24, 2.45) is 0 Å². The lowest BCUT2D eigenvalue weighted by molar-refractivity contribution is 1.18. The normalized spacial score (nSPS) is 11.8. The SMILES string of the molecule is Cc1c(C)c(-c2ccc3c(c2)c2ccccc2n3-c2ccccc2)c(C)c(C)c1-c1ccc2c(c1)c1ccccc1n2-c1ccccc1. The first-order chi connectivity index (χ1) is 23.5. The summed E-state index contributed by atoms with van der Waals surface area (Å²) in [6.45, 7) is 9.21. The lowest BCUT2D eigenvalue weighted by Crippen LogP contribution is -2.00. The topological polar surface area (TPSA) is 9.86 Å². The number of fused-ring (bicyclic) bond motifs is 6. The highest BCUT2D eigenvalue weighted by atomic mass is 15.0. The van der Waals surface area contributed by atoms with Gasteiger partial charge >= 0.3 is 0 Å². The Balaban J connectivity index is 1.23. The molecular weight excluding hydrogens is 581 g/mol. The third kappa shape index (κ3) is 4.12. The van der Waals surface area contributed by atoms with Crippen LogP contribution in [-0.4, -0.2) is 9.13 Å². The van der Waals surface area contributed by atoms with Crippen molar-refractivity contribution in [2.45, 2.75) is 27.7 Å². The van der Waals surface area contributed by atoms with Gasteiger partial charge in [0.2, 0.25) is 0 Å². The molecule has 0 aliphatic rings. The molecule has 0 atom stereocenters. The van der Waals surface area contributed by atoms with Gasteiger partial charge in [-0.1, -0.05) is 84.9 Å². The third-order valence-electron chi connectivity index (χ3n) is 10.6. The smallest absolute Gasteiger partial charge is 0.0541 e. The maximum Gasteiger partial charge on any atom is 0.0541 e. The van der Waals surface area contributed by atoms with Crippen molar-refractivity contribution < 1.29 is 0 Å².